The van der Waals surface area contributed by atoms with Gasteiger partial charge in [0.25, 0.3) is 0 Å². The van der Waals surface area contributed by atoms with E-state index in [9.17, 15) is 10.0 Å². The van der Waals surface area contributed by atoms with Crippen molar-refractivity contribution in [1.82, 2.24) is 4.73 Å². The summed E-state index contributed by atoms with van der Waals surface area (Å²) in [5.41, 5.74) is 1.25. The lowest BCUT2D eigenvalue weighted by Gasteiger charge is -2.09. The fourth-order valence-corrected chi connectivity index (χ4v) is 1.85. The van der Waals surface area contributed by atoms with Gasteiger partial charge in [0.15, 0.2) is 5.43 Å². The maximum absolute atomic E-state index is 11.8. The SMILES string of the molecule is CCCCc1cc(=O)c2ccccc2n1O. The minimum atomic E-state index is -0.0213. The molecule has 1 N–H and O–H groups in total. The van der Waals surface area contributed by atoms with Crippen molar-refractivity contribution in [3.63, 3.8) is 0 Å². The Morgan fingerprint density at radius 3 is 2.81 bits per heavy atom. The molecule has 3 nitrogen and oxygen atoms in total. The molecule has 3 heteroatoms. The molecule has 0 unspecified atom stereocenters. The number of fused-ring (bicyclic) bond motifs is 1. The van der Waals surface area contributed by atoms with Crippen LogP contribution in [0.2, 0.25) is 0 Å². The molecule has 0 spiro atoms. The molecule has 0 atom stereocenters. The number of rotatable bonds is 3. The highest BCUT2D eigenvalue weighted by molar-refractivity contribution is 5.78. The van der Waals surface area contributed by atoms with E-state index >= 15 is 0 Å². The molecule has 0 saturated carbocycles. The van der Waals surface area contributed by atoms with Gasteiger partial charge in [0, 0.05) is 11.5 Å². The van der Waals surface area contributed by atoms with E-state index in [1.807, 2.05) is 6.07 Å². The zero-order valence-corrected chi connectivity index (χ0v) is 9.31. The van der Waals surface area contributed by atoms with Gasteiger partial charge in [0.2, 0.25) is 0 Å². The molecule has 84 valence electrons. The molecule has 1 aromatic carbocycles. The first-order valence-corrected chi connectivity index (χ1v) is 5.57. The second-order valence-electron chi connectivity index (χ2n) is 3.93. The number of hydrogen-bond acceptors (Lipinski definition) is 2. The summed E-state index contributed by atoms with van der Waals surface area (Å²) in [6.07, 6.45) is 2.74. The van der Waals surface area contributed by atoms with Crippen LogP contribution in [0.1, 0.15) is 25.5 Å². The number of pyridine rings is 1. The summed E-state index contributed by atoms with van der Waals surface area (Å²) >= 11 is 0. The van der Waals surface area contributed by atoms with Crippen LogP contribution in [-0.2, 0) is 6.42 Å². The van der Waals surface area contributed by atoms with Crippen molar-refractivity contribution in [1.29, 1.82) is 0 Å². The fourth-order valence-electron chi connectivity index (χ4n) is 1.85. The lowest BCUT2D eigenvalue weighted by atomic mass is 10.1. The second-order valence-corrected chi connectivity index (χ2v) is 3.93. The molecule has 16 heavy (non-hydrogen) atoms. The van der Waals surface area contributed by atoms with Crippen molar-refractivity contribution in [2.45, 2.75) is 26.2 Å². The van der Waals surface area contributed by atoms with E-state index in [1.165, 1.54) is 6.07 Å². The summed E-state index contributed by atoms with van der Waals surface area (Å²) in [7, 11) is 0. The van der Waals surface area contributed by atoms with Crippen LogP contribution in [0.15, 0.2) is 35.1 Å². The highest BCUT2D eigenvalue weighted by atomic mass is 16.5. The number of benzene rings is 1. The summed E-state index contributed by atoms with van der Waals surface area (Å²) in [6.45, 7) is 2.08. The molecule has 0 aliphatic heterocycles. The molecule has 0 aliphatic rings. The molecule has 2 aromatic rings. The molecule has 1 aromatic heterocycles. The van der Waals surface area contributed by atoms with Gasteiger partial charge in [0.1, 0.15) is 0 Å². The summed E-state index contributed by atoms with van der Waals surface area (Å²) in [5, 5.41) is 10.5. The van der Waals surface area contributed by atoms with Crippen molar-refractivity contribution < 1.29 is 5.21 Å². The molecule has 0 fully saturated rings. The molecular weight excluding hydrogens is 202 g/mol. The Labute approximate surface area is 93.9 Å². The molecular formula is C13H15NO2. The first-order valence-electron chi connectivity index (χ1n) is 5.57. The largest absolute Gasteiger partial charge is 0.428 e. The average molecular weight is 217 g/mol. The quantitative estimate of drug-likeness (QED) is 0.803. The van der Waals surface area contributed by atoms with Gasteiger partial charge in [-0.2, -0.15) is 4.73 Å². The maximum Gasteiger partial charge on any atom is 0.189 e. The van der Waals surface area contributed by atoms with Gasteiger partial charge in [0.05, 0.1) is 11.2 Å². The van der Waals surface area contributed by atoms with Gasteiger partial charge in [-0.05, 0) is 25.0 Å². The summed E-state index contributed by atoms with van der Waals surface area (Å²) in [5.74, 6) is 0. The fraction of sp³-hybridized carbons (Fsp3) is 0.308. The molecule has 0 radical (unpaired) electrons. The van der Waals surface area contributed by atoms with Crippen LogP contribution in [0.3, 0.4) is 0 Å². The smallest absolute Gasteiger partial charge is 0.189 e. The topological polar surface area (TPSA) is 42.2 Å². The van der Waals surface area contributed by atoms with Crippen LogP contribution in [0.4, 0.5) is 0 Å². The molecule has 1 heterocycles. The third kappa shape index (κ3) is 1.81. The minimum absolute atomic E-state index is 0.0213. The van der Waals surface area contributed by atoms with Crippen LogP contribution in [0, 0.1) is 0 Å². The number of nitrogens with zero attached hydrogens (tertiary/aromatic N) is 1. The zero-order valence-electron chi connectivity index (χ0n) is 9.31. The zero-order chi connectivity index (χ0) is 11.5. The molecule has 0 bridgehead atoms. The number of aryl methyl sites for hydroxylation is 1. The highest BCUT2D eigenvalue weighted by Gasteiger charge is 2.06. The van der Waals surface area contributed by atoms with Crippen molar-refractivity contribution in [3.05, 3.63) is 46.2 Å². The van der Waals surface area contributed by atoms with E-state index < -0.39 is 0 Å². The average Bonchev–Trinajstić information content (AvgIpc) is 2.32. The van der Waals surface area contributed by atoms with Crippen molar-refractivity contribution in [2.24, 2.45) is 0 Å². The van der Waals surface area contributed by atoms with E-state index in [4.69, 9.17) is 0 Å². The first-order chi connectivity index (χ1) is 7.74. The number of para-hydroxylation sites is 1. The molecule has 0 amide bonds. The van der Waals surface area contributed by atoms with E-state index in [-0.39, 0.29) is 5.43 Å². The van der Waals surface area contributed by atoms with Gasteiger partial charge >= 0.3 is 0 Å². The third-order valence-electron chi connectivity index (χ3n) is 2.75. The van der Waals surface area contributed by atoms with Crippen LogP contribution in [-0.4, -0.2) is 9.94 Å². The third-order valence-corrected chi connectivity index (χ3v) is 2.75. The Kier molecular flexibility index (Phi) is 2.95. The van der Waals surface area contributed by atoms with Crippen molar-refractivity contribution >= 4 is 10.9 Å². The van der Waals surface area contributed by atoms with E-state index in [1.54, 1.807) is 18.2 Å². The van der Waals surface area contributed by atoms with Gasteiger partial charge in [-0.1, -0.05) is 25.5 Å². The lowest BCUT2D eigenvalue weighted by Crippen LogP contribution is -2.12. The highest BCUT2D eigenvalue weighted by Crippen LogP contribution is 2.12. The Hall–Kier alpha value is -1.77. The Morgan fingerprint density at radius 1 is 1.31 bits per heavy atom. The molecule has 0 aliphatic carbocycles. The molecule has 2 rings (SSSR count). The van der Waals surface area contributed by atoms with Crippen LogP contribution in [0.25, 0.3) is 10.9 Å². The Balaban J connectivity index is 2.61. The lowest BCUT2D eigenvalue weighted by molar-refractivity contribution is 0.187. The monoisotopic (exact) mass is 217 g/mol. The standard InChI is InChI=1S/C13H15NO2/c1-2-3-6-10-9-13(15)11-7-4-5-8-12(11)14(10)16/h4-5,7-9,16H,2-3,6H2,1H3. The Morgan fingerprint density at radius 2 is 2.06 bits per heavy atom. The summed E-state index contributed by atoms with van der Waals surface area (Å²) in [6, 6.07) is 8.63. The predicted octanol–water partition coefficient (Wildman–Crippen LogP) is 2.58. The normalized spacial score (nSPS) is 10.8. The summed E-state index contributed by atoms with van der Waals surface area (Å²) < 4.78 is 1.13. The maximum atomic E-state index is 11.8. The number of unbranched alkanes of at least 4 members (excludes halogenated alkanes) is 1. The molecule has 0 saturated heterocycles. The van der Waals surface area contributed by atoms with Crippen molar-refractivity contribution in [2.75, 3.05) is 0 Å². The summed E-state index contributed by atoms with van der Waals surface area (Å²) in [4.78, 5) is 11.8. The van der Waals surface area contributed by atoms with Gasteiger partial charge in [-0.3, -0.25) is 4.79 Å². The minimum Gasteiger partial charge on any atom is -0.428 e. The Bertz CT molecular complexity index is 557. The van der Waals surface area contributed by atoms with Crippen LogP contribution >= 0.6 is 0 Å². The van der Waals surface area contributed by atoms with Crippen LogP contribution in [0.5, 0.6) is 0 Å². The van der Waals surface area contributed by atoms with Gasteiger partial charge < -0.3 is 5.21 Å². The number of hydrogen-bond donors (Lipinski definition) is 1. The van der Waals surface area contributed by atoms with E-state index in [0.29, 0.717) is 16.6 Å². The first kappa shape index (κ1) is 10.7. The van der Waals surface area contributed by atoms with Gasteiger partial charge in [-0.15, -0.1) is 0 Å². The van der Waals surface area contributed by atoms with E-state index in [0.717, 1.165) is 24.0 Å². The number of aromatic nitrogens is 1. The van der Waals surface area contributed by atoms with Gasteiger partial charge in [-0.25, -0.2) is 0 Å². The van der Waals surface area contributed by atoms with E-state index in [2.05, 4.69) is 6.92 Å². The van der Waals surface area contributed by atoms with Crippen molar-refractivity contribution in [3.8, 4) is 0 Å². The predicted molar refractivity (Wildman–Crippen MR) is 64.0 cm³/mol. The second kappa shape index (κ2) is 4.39. The van der Waals surface area contributed by atoms with Crippen LogP contribution < -0.4 is 5.43 Å².